The summed E-state index contributed by atoms with van der Waals surface area (Å²) in [7, 11) is 5.00. The number of hydrogen-bond donors (Lipinski definition) is 0. The average molecular weight is 428 g/mol. The summed E-state index contributed by atoms with van der Waals surface area (Å²) in [4.78, 5) is 30.3. The van der Waals surface area contributed by atoms with Crippen LogP contribution in [-0.4, -0.2) is 44.5 Å². The normalized spacial score (nSPS) is 21.3. The Kier molecular flexibility index (Phi) is 4.66. The molecule has 5 rings (SSSR count). The van der Waals surface area contributed by atoms with Crippen molar-refractivity contribution in [3.63, 3.8) is 0 Å². The molecule has 0 N–H and O–H groups in total. The van der Waals surface area contributed by atoms with Gasteiger partial charge in [-0.25, -0.2) is 0 Å². The van der Waals surface area contributed by atoms with Crippen molar-refractivity contribution in [1.29, 1.82) is 0 Å². The molecular formula is C26H24N2O4. The van der Waals surface area contributed by atoms with Crippen molar-refractivity contribution in [3.8, 4) is 11.5 Å². The number of fused-ring (bicyclic) bond motifs is 2. The van der Waals surface area contributed by atoms with Crippen LogP contribution in [0.25, 0.3) is 0 Å². The Hall–Kier alpha value is -3.80. The molecule has 2 atom stereocenters. The van der Waals surface area contributed by atoms with E-state index in [0.717, 1.165) is 16.8 Å². The van der Waals surface area contributed by atoms with Gasteiger partial charge in [-0.05, 0) is 41.5 Å². The topological polar surface area (TPSA) is 59.1 Å². The lowest BCUT2D eigenvalue weighted by Gasteiger charge is -2.53. The number of hydrogen-bond acceptors (Lipinski definition) is 4. The first kappa shape index (κ1) is 20.1. The van der Waals surface area contributed by atoms with Crippen LogP contribution in [0, 0.1) is 0 Å². The number of likely N-dealkylation sites (N-methyl/N-ethyl adjacent to an activating group) is 1. The number of rotatable bonds is 4. The molecule has 32 heavy (non-hydrogen) atoms. The molecule has 3 aromatic rings. The van der Waals surface area contributed by atoms with E-state index in [0.29, 0.717) is 23.6 Å². The molecule has 0 unspecified atom stereocenters. The SMILES string of the molecule is COc1ccc([C@@H]2N(C)C(=O)[C@]23CN(C(=O)c2ccccc2)c2ccccc23)cc1OC. The van der Waals surface area contributed by atoms with E-state index in [1.165, 1.54) is 0 Å². The molecule has 0 radical (unpaired) electrons. The number of amides is 2. The minimum absolute atomic E-state index is 0.00750. The number of anilines is 1. The lowest BCUT2D eigenvalue weighted by atomic mass is 9.65. The van der Waals surface area contributed by atoms with Gasteiger partial charge in [-0.1, -0.05) is 42.5 Å². The number of ether oxygens (including phenoxy) is 2. The first-order chi connectivity index (χ1) is 15.5. The van der Waals surface area contributed by atoms with E-state index >= 15 is 0 Å². The highest BCUT2D eigenvalue weighted by atomic mass is 16.5. The fourth-order valence-corrected chi connectivity index (χ4v) is 5.18. The third kappa shape index (κ3) is 2.65. The second kappa shape index (κ2) is 7.41. The van der Waals surface area contributed by atoms with Gasteiger partial charge in [0.25, 0.3) is 5.91 Å². The van der Waals surface area contributed by atoms with Crippen LogP contribution in [0.3, 0.4) is 0 Å². The monoisotopic (exact) mass is 428 g/mol. The highest BCUT2D eigenvalue weighted by Gasteiger charge is 2.65. The van der Waals surface area contributed by atoms with Crippen LogP contribution < -0.4 is 14.4 Å². The molecule has 2 aliphatic heterocycles. The Morgan fingerprint density at radius 1 is 0.938 bits per heavy atom. The lowest BCUT2D eigenvalue weighted by Crippen LogP contribution is -2.66. The molecule has 1 fully saturated rings. The van der Waals surface area contributed by atoms with Gasteiger partial charge in [0.2, 0.25) is 5.91 Å². The van der Waals surface area contributed by atoms with Crippen molar-refractivity contribution in [3.05, 3.63) is 89.5 Å². The summed E-state index contributed by atoms with van der Waals surface area (Å²) in [6.07, 6.45) is 0. The van der Waals surface area contributed by atoms with Crippen LogP contribution in [0.15, 0.2) is 72.8 Å². The standard InChI is InChI=1S/C26H24N2O4/c1-27-23(18-13-14-21(31-2)22(15-18)32-3)26(25(27)30)16-28(20-12-8-7-11-19(20)26)24(29)17-9-5-4-6-10-17/h4-15,23H,16H2,1-3H3/t23-,26-/m0/s1. The highest BCUT2D eigenvalue weighted by Crippen LogP contribution is 2.58. The summed E-state index contributed by atoms with van der Waals surface area (Å²) in [6.45, 7) is 0.294. The van der Waals surface area contributed by atoms with Crippen LogP contribution in [0.2, 0.25) is 0 Å². The minimum atomic E-state index is -0.838. The zero-order valence-corrected chi connectivity index (χ0v) is 18.2. The molecule has 0 saturated carbocycles. The third-order valence-electron chi connectivity index (χ3n) is 6.63. The Bertz CT molecular complexity index is 1210. The van der Waals surface area contributed by atoms with Crippen LogP contribution in [0.5, 0.6) is 11.5 Å². The molecule has 1 saturated heterocycles. The molecule has 3 aromatic carbocycles. The van der Waals surface area contributed by atoms with Gasteiger partial charge in [0, 0.05) is 24.8 Å². The quantitative estimate of drug-likeness (QED) is 0.593. The molecule has 6 heteroatoms. The summed E-state index contributed by atoms with van der Waals surface area (Å²) in [5.74, 6) is 1.14. The zero-order chi connectivity index (χ0) is 22.5. The van der Waals surface area contributed by atoms with Gasteiger partial charge in [-0.15, -0.1) is 0 Å². The summed E-state index contributed by atoms with van der Waals surface area (Å²) < 4.78 is 10.9. The number of carbonyl (C=O) groups is 2. The van der Waals surface area contributed by atoms with E-state index < -0.39 is 5.41 Å². The van der Waals surface area contributed by atoms with Crippen molar-refractivity contribution in [2.24, 2.45) is 0 Å². The molecular weight excluding hydrogens is 404 g/mol. The van der Waals surface area contributed by atoms with Crippen molar-refractivity contribution in [2.45, 2.75) is 11.5 Å². The van der Waals surface area contributed by atoms with Crippen molar-refractivity contribution >= 4 is 17.5 Å². The van der Waals surface area contributed by atoms with E-state index in [1.807, 2.05) is 60.7 Å². The van der Waals surface area contributed by atoms with Crippen LogP contribution >= 0.6 is 0 Å². The van der Waals surface area contributed by atoms with Gasteiger partial charge in [0.15, 0.2) is 11.5 Å². The number of nitrogens with zero attached hydrogens (tertiary/aromatic N) is 2. The van der Waals surface area contributed by atoms with E-state index in [1.54, 1.807) is 43.2 Å². The number of methoxy groups -OCH3 is 2. The van der Waals surface area contributed by atoms with Crippen LogP contribution in [0.4, 0.5) is 5.69 Å². The van der Waals surface area contributed by atoms with Crippen molar-refractivity contribution in [2.75, 3.05) is 32.7 Å². The molecule has 6 nitrogen and oxygen atoms in total. The number of β-lactam (4-membered cyclic amide) rings is 1. The summed E-state index contributed by atoms with van der Waals surface area (Å²) >= 11 is 0. The van der Waals surface area contributed by atoms with E-state index in [2.05, 4.69) is 0 Å². The first-order valence-corrected chi connectivity index (χ1v) is 10.5. The van der Waals surface area contributed by atoms with Gasteiger partial charge in [-0.2, -0.15) is 0 Å². The Morgan fingerprint density at radius 2 is 1.62 bits per heavy atom. The first-order valence-electron chi connectivity index (χ1n) is 10.5. The predicted octanol–water partition coefficient (Wildman–Crippen LogP) is 3.82. The van der Waals surface area contributed by atoms with E-state index in [4.69, 9.17) is 9.47 Å². The van der Waals surface area contributed by atoms with E-state index in [9.17, 15) is 9.59 Å². The summed E-state index contributed by atoms with van der Waals surface area (Å²) in [5.41, 5.74) is 2.37. The van der Waals surface area contributed by atoms with Crippen molar-refractivity contribution < 1.29 is 19.1 Å². The smallest absolute Gasteiger partial charge is 0.258 e. The molecule has 2 amide bonds. The maximum Gasteiger partial charge on any atom is 0.258 e. The molecule has 1 spiro atoms. The molecule has 0 bridgehead atoms. The third-order valence-corrected chi connectivity index (χ3v) is 6.63. The highest BCUT2D eigenvalue weighted by molar-refractivity contribution is 6.11. The Morgan fingerprint density at radius 3 is 2.34 bits per heavy atom. The molecule has 0 aliphatic carbocycles. The number of likely N-dealkylation sites (tertiary alicyclic amines) is 1. The Labute approximate surface area is 187 Å². The molecule has 162 valence electrons. The van der Waals surface area contributed by atoms with Crippen LogP contribution in [0.1, 0.15) is 27.5 Å². The van der Waals surface area contributed by atoms with Gasteiger partial charge >= 0.3 is 0 Å². The maximum absolute atomic E-state index is 13.4. The van der Waals surface area contributed by atoms with Gasteiger partial charge in [0.1, 0.15) is 5.41 Å². The second-order valence-corrected chi connectivity index (χ2v) is 8.18. The lowest BCUT2D eigenvalue weighted by molar-refractivity contribution is -0.157. The summed E-state index contributed by atoms with van der Waals surface area (Å²) in [5, 5.41) is 0. The Balaban J connectivity index is 1.62. The summed E-state index contributed by atoms with van der Waals surface area (Å²) in [6, 6.07) is 22.4. The maximum atomic E-state index is 13.4. The number of para-hydroxylation sites is 1. The van der Waals surface area contributed by atoms with Crippen LogP contribution in [-0.2, 0) is 10.2 Å². The fourth-order valence-electron chi connectivity index (χ4n) is 5.18. The largest absolute Gasteiger partial charge is 0.493 e. The van der Waals surface area contributed by atoms with E-state index in [-0.39, 0.29) is 17.9 Å². The second-order valence-electron chi connectivity index (χ2n) is 8.18. The van der Waals surface area contributed by atoms with Gasteiger partial charge in [0.05, 0.1) is 20.3 Å². The molecule has 2 heterocycles. The molecule has 2 aliphatic rings. The van der Waals surface area contributed by atoms with Gasteiger partial charge in [-0.3, -0.25) is 9.59 Å². The van der Waals surface area contributed by atoms with Gasteiger partial charge < -0.3 is 19.3 Å². The average Bonchev–Trinajstić information content (AvgIpc) is 3.21. The van der Waals surface area contributed by atoms with Crippen molar-refractivity contribution in [1.82, 2.24) is 4.90 Å². The number of benzene rings is 3. The fraction of sp³-hybridized carbons (Fsp3) is 0.231. The number of carbonyl (C=O) groups excluding carboxylic acids is 2. The molecule has 0 aromatic heterocycles. The minimum Gasteiger partial charge on any atom is -0.493 e. The predicted molar refractivity (Wildman–Crippen MR) is 121 cm³/mol. The zero-order valence-electron chi connectivity index (χ0n) is 18.2.